The van der Waals surface area contributed by atoms with E-state index in [1.54, 1.807) is 11.9 Å². The molecule has 2 aliphatic rings. The summed E-state index contributed by atoms with van der Waals surface area (Å²) in [4.78, 5) is 16.1. The number of amides is 1. The van der Waals surface area contributed by atoms with Crippen LogP contribution in [0.3, 0.4) is 0 Å². The molecule has 1 aromatic carbocycles. The van der Waals surface area contributed by atoms with Gasteiger partial charge in [-0.3, -0.25) is 9.69 Å². The smallest absolute Gasteiger partial charge is 0.240 e. The predicted octanol–water partition coefficient (Wildman–Crippen LogP) is 0.283. The lowest BCUT2D eigenvalue weighted by Crippen LogP contribution is -2.47. The molecule has 1 fully saturated rings. The summed E-state index contributed by atoms with van der Waals surface area (Å²) in [5.74, 6) is 1.52. The van der Waals surface area contributed by atoms with Crippen LogP contribution in [0, 0.1) is 0 Å². The molecule has 0 bridgehead atoms. The monoisotopic (exact) mass is 277 g/mol. The summed E-state index contributed by atoms with van der Waals surface area (Å²) in [5.41, 5.74) is 0.828. The number of rotatable bonds is 3. The van der Waals surface area contributed by atoms with Crippen molar-refractivity contribution >= 4 is 11.6 Å². The Labute approximate surface area is 118 Å². The first-order valence-corrected chi connectivity index (χ1v) is 6.83. The molecule has 0 atom stereocenters. The Kier molecular flexibility index (Phi) is 3.75. The molecule has 1 N–H and O–H groups in total. The number of carbonyl (C=O) groups is 1. The van der Waals surface area contributed by atoms with E-state index < -0.39 is 0 Å². The Morgan fingerprint density at radius 2 is 2.05 bits per heavy atom. The standard InChI is InChI=1S/C14H19N3O3/c1-16(14(18)9-17-6-4-15-5-7-17)11-2-3-12-13(8-11)20-10-19-12/h2-3,8,15H,4-7,9-10H2,1H3. The van der Waals surface area contributed by atoms with Crippen molar-refractivity contribution in [3.63, 3.8) is 0 Å². The number of nitrogens with one attached hydrogen (secondary N) is 1. The number of ether oxygens (including phenoxy) is 2. The largest absolute Gasteiger partial charge is 0.454 e. The minimum absolute atomic E-state index is 0.0887. The quantitative estimate of drug-likeness (QED) is 0.860. The number of hydrogen-bond acceptors (Lipinski definition) is 5. The van der Waals surface area contributed by atoms with Crippen molar-refractivity contribution in [1.29, 1.82) is 0 Å². The summed E-state index contributed by atoms with van der Waals surface area (Å²) < 4.78 is 10.6. The molecule has 108 valence electrons. The highest BCUT2D eigenvalue weighted by molar-refractivity contribution is 5.94. The van der Waals surface area contributed by atoms with Crippen LogP contribution >= 0.6 is 0 Å². The normalized spacial score (nSPS) is 18.1. The maximum absolute atomic E-state index is 12.3. The number of piperazine rings is 1. The van der Waals surface area contributed by atoms with Crippen molar-refractivity contribution in [3.8, 4) is 11.5 Å². The van der Waals surface area contributed by atoms with E-state index in [1.807, 2.05) is 18.2 Å². The van der Waals surface area contributed by atoms with Crippen LogP contribution < -0.4 is 19.7 Å². The Hall–Kier alpha value is -1.79. The van der Waals surface area contributed by atoms with Gasteiger partial charge in [0.2, 0.25) is 12.7 Å². The van der Waals surface area contributed by atoms with Gasteiger partial charge in [0.1, 0.15) is 0 Å². The van der Waals surface area contributed by atoms with Crippen molar-refractivity contribution in [2.45, 2.75) is 0 Å². The summed E-state index contributed by atoms with van der Waals surface area (Å²) in [6.07, 6.45) is 0. The summed E-state index contributed by atoms with van der Waals surface area (Å²) in [6, 6.07) is 5.56. The highest BCUT2D eigenvalue weighted by Crippen LogP contribution is 2.35. The van der Waals surface area contributed by atoms with Crippen LogP contribution in [0.2, 0.25) is 0 Å². The third kappa shape index (κ3) is 2.71. The first-order chi connectivity index (χ1) is 9.74. The SMILES string of the molecule is CN(C(=O)CN1CCNCC1)c1ccc2c(c1)OCO2. The molecule has 1 amide bonds. The number of nitrogens with zero attached hydrogens (tertiary/aromatic N) is 2. The summed E-state index contributed by atoms with van der Waals surface area (Å²) in [7, 11) is 1.79. The molecule has 0 unspecified atom stereocenters. The topological polar surface area (TPSA) is 54.0 Å². The molecule has 6 heteroatoms. The third-order valence-electron chi connectivity index (χ3n) is 3.69. The van der Waals surface area contributed by atoms with Gasteiger partial charge in [0.25, 0.3) is 0 Å². The van der Waals surface area contributed by atoms with Gasteiger partial charge < -0.3 is 19.7 Å². The maximum Gasteiger partial charge on any atom is 0.240 e. The molecule has 0 aliphatic carbocycles. The molecule has 1 saturated heterocycles. The number of fused-ring (bicyclic) bond motifs is 1. The Morgan fingerprint density at radius 1 is 1.30 bits per heavy atom. The minimum Gasteiger partial charge on any atom is -0.454 e. The number of benzene rings is 1. The molecule has 3 rings (SSSR count). The van der Waals surface area contributed by atoms with Crippen molar-refractivity contribution in [3.05, 3.63) is 18.2 Å². The van der Waals surface area contributed by atoms with Crippen LogP contribution in [0.5, 0.6) is 11.5 Å². The molecular weight excluding hydrogens is 258 g/mol. The lowest BCUT2D eigenvalue weighted by Gasteiger charge is -2.28. The second kappa shape index (κ2) is 5.68. The van der Waals surface area contributed by atoms with Crippen molar-refractivity contribution in [1.82, 2.24) is 10.2 Å². The van der Waals surface area contributed by atoms with Crippen LogP contribution in [0.15, 0.2) is 18.2 Å². The van der Waals surface area contributed by atoms with Crippen LogP contribution in [0.25, 0.3) is 0 Å². The molecule has 0 spiro atoms. The van der Waals surface area contributed by atoms with Gasteiger partial charge in [0, 0.05) is 45.0 Å². The maximum atomic E-state index is 12.3. The van der Waals surface area contributed by atoms with Crippen molar-refractivity contribution in [2.75, 3.05) is 51.5 Å². The van der Waals surface area contributed by atoms with Gasteiger partial charge in [-0.05, 0) is 12.1 Å². The van der Waals surface area contributed by atoms with Crippen LogP contribution in [0.4, 0.5) is 5.69 Å². The van der Waals surface area contributed by atoms with E-state index in [0.29, 0.717) is 12.3 Å². The van der Waals surface area contributed by atoms with Gasteiger partial charge in [0.05, 0.1) is 6.54 Å². The second-order valence-electron chi connectivity index (χ2n) is 5.02. The van der Waals surface area contributed by atoms with E-state index >= 15 is 0 Å². The van der Waals surface area contributed by atoms with E-state index in [0.717, 1.165) is 37.6 Å². The van der Waals surface area contributed by atoms with E-state index in [9.17, 15) is 4.79 Å². The zero-order valence-corrected chi connectivity index (χ0v) is 11.6. The fraction of sp³-hybridized carbons (Fsp3) is 0.500. The van der Waals surface area contributed by atoms with E-state index in [2.05, 4.69) is 10.2 Å². The zero-order valence-electron chi connectivity index (χ0n) is 11.6. The Balaban J connectivity index is 1.65. The summed E-state index contributed by atoms with van der Waals surface area (Å²) >= 11 is 0. The second-order valence-corrected chi connectivity index (χ2v) is 5.02. The fourth-order valence-electron chi connectivity index (χ4n) is 2.40. The number of anilines is 1. The molecule has 20 heavy (non-hydrogen) atoms. The Bertz CT molecular complexity index is 500. The van der Waals surface area contributed by atoms with E-state index in [-0.39, 0.29) is 12.7 Å². The van der Waals surface area contributed by atoms with Gasteiger partial charge in [-0.1, -0.05) is 0 Å². The lowest BCUT2D eigenvalue weighted by molar-refractivity contribution is -0.119. The summed E-state index contributed by atoms with van der Waals surface area (Å²) in [6.45, 7) is 4.42. The van der Waals surface area contributed by atoms with Crippen molar-refractivity contribution < 1.29 is 14.3 Å². The average molecular weight is 277 g/mol. The number of hydrogen-bond donors (Lipinski definition) is 1. The average Bonchev–Trinajstić information content (AvgIpc) is 2.94. The molecule has 0 radical (unpaired) electrons. The molecule has 2 heterocycles. The van der Waals surface area contributed by atoms with Gasteiger partial charge >= 0.3 is 0 Å². The highest BCUT2D eigenvalue weighted by atomic mass is 16.7. The van der Waals surface area contributed by atoms with Gasteiger partial charge in [-0.25, -0.2) is 0 Å². The van der Waals surface area contributed by atoms with Crippen LogP contribution in [0.1, 0.15) is 0 Å². The van der Waals surface area contributed by atoms with Crippen LogP contribution in [-0.4, -0.2) is 57.4 Å². The third-order valence-corrected chi connectivity index (χ3v) is 3.69. The lowest BCUT2D eigenvalue weighted by atomic mass is 10.2. The van der Waals surface area contributed by atoms with Crippen molar-refractivity contribution in [2.24, 2.45) is 0 Å². The first-order valence-electron chi connectivity index (χ1n) is 6.83. The van der Waals surface area contributed by atoms with E-state index in [1.165, 1.54) is 0 Å². The first kappa shape index (κ1) is 13.2. The van der Waals surface area contributed by atoms with Gasteiger partial charge in [0.15, 0.2) is 11.5 Å². The minimum atomic E-state index is 0.0887. The molecular formula is C14H19N3O3. The van der Waals surface area contributed by atoms with Crippen LogP contribution in [-0.2, 0) is 4.79 Å². The van der Waals surface area contributed by atoms with Gasteiger partial charge in [-0.15, -0.1) is 0 Å². The number of carbonyl (C=O) groups excluding carboxylic acids is 1. The predicted molar refractivity (Wildman–Crippen MR) is 75.3 cm³/mol. The van der Waals surface area contributed by atoms with E-state index in [4.69, 9.17) is 9.47 Å². The zero-order chi connectivity index (χ0) is 13.9. The molecule has 6 nitrogen and oxygen atoms in total. The molecule has 2 aliphatic heterocycles. The molecule has 1 aromatic rings. The molecule has 0 saturated carbocycles. The molecule has 0 aromatic heterocycles. The van der Waals surface area contributed by atoms with Gasteiger partial charge in [-0.2, -0.15) is 0 Å². The highest BCUT2D eigenvalue weighted by Gasteiger charge is 2.20. The fourth-order valence-corrected chi connectivity index (χ4v) is 2.40. The summed E-state index contributed by atoms with van der Waals surface area (Å²) in [5, 5.41) is 3.28. The number of likely N-dealkylation sites (N-methyl/N-ethyl adjacent to an activating group) is 1. The Morgan fingerprint density at radius 3 is 2.85 bits per heavy atom.